The number of halogens is 3. The molecule has 0 spiro atoms. The lowest BCUT2D eigenvalue weighted by Gasteiger charge is -2.07. The zero-order valence-electron chi connectivity index (χ0n) is 12.4. The van der Waals surface area contributed by atoms with E-state index in [1.807, 2.05) is 18.3 Å². The topological polar surface area (TPSA) is 41.6 Å². The molecule has 122 valence electrons. The summed E-state index contributed by atoms with van der Waals surface area (Å²) in [6, 6.07) is 12.7. The van der Waals surface area contributed by atoms with E-state index >= 15 is 0 Å². The van der Waals surface area contributed by atoms with E-state index in [0.29, 0.717) is 17.8 Å². The van der Waals surface area contributed by atoms with E-state index in [1.165, 1.54) is 23.5 Å². The third-order valence-corrected chi connectivity index (χ3v) is 4.53. The highest BCUT2D eigenvalue weighted by Crippen LogP contribution is 2.29. The van der Waals surface area contributed by atoms with Crippen LogP contribution in [0.15, 0.2) is 48.7 Å². The number of benzene rings is 1. The molecule has 2 heterocycles. The Bertz CT molecular complexity index is 870. The third-order valence-electron chi connectivity index (χ3n) is 3.52. The first kappa shape index (κ1) is 16.3. The molecule has 0 unspecified atom stereocenters. The average Bonchev–Trinajstić information content (AvgIpc) is 3.21. The summed E-state index contributed by atoms with van der Waals surface area (Å²) in [7, 11) is 0. The molecule has 0 fully saturated rings. The van der Waals surface area contributed by atoms with Crippen LogP contribution in [0.5, 0.6) is 0 Å². The SMILES string of the molecule is N#Cc1ccc(-c2ccn(CCc3ccc(C(F)(F)F)cc3)n2)s1. The molecule has 3 rings (SSSR count). The van der Waals surface area contributed by atoms with E-state index in [2.05, 4.69) is 11.2 Å². The van der Waals surface area contributed by atoms with E-state index in [1.54, 1.807) is 10.7 Å². The molecule has 3 nitrogen and oxygen atoms in total. The number of alkyl halides is 3. The minimum atomic E-state index is -4.31. The van der Waals surface area contributed by atoms with Crippen molar-refractivity contribution in [3.63, 3.8) is 0 Å². The van der Waals surface area contributed by atoms with Crippen molar-refractivity contribution in [2.75, 3.05) is 0 Å². The van der Waals surface area contributed by atoms with Gasteiger partial charge in [0.05, 0.1) is 10.4 Å². The molecule has 24 heavy (non-hydrogen) atoms. The molecule has 7 heteroatoms. The van der Waals surface area contributed by atoms with Crippen molar-refractivity contribution in [3.8, 4) is 16.6 Å². The lowest BCUT2D eigenvalue weighted by Crippen LogP contribution is -2.05. The highest BCUT2D eigenvalue weighted by atomic mass is 32.1. The van der Waals surface area contributed by atoms with Crippen LogP contribution in [0.1, 0.15) is 16.0 Å². The maximum Gasteiger partial charge on any atom is 0.416 e. The van der Waals surface area contributed by atoms with Crippen LogP contribution in [0, 0.1) is 11.3 Å². The molecule has 0 aliphatic carbocycles. The van der Waals surface area contributed by atoms with Crippen LogP contribution in [-0.4, -0.2) is 9.78 Å². The number of aryl methyl sites for hydroxylation is 2. The first-order valence-electron chi connectivity index (χ1n) is 7.15. The second-order valence-electron chi connectivity index (χ2n) is 5.18. The molecule has 0 atom stereocenters. The van der Waals surface area contributed by atoms with Gasteiger partial charge in [-0.25, -0.2) is 0 Å². The molecule has 1 aromatic carbocycles. The predicted molar refractivity (Wildman–Crippen MR) is 85.4 cm³/mol. The van der Waals surface area contributed by atoms with Crippen LogP contribution >= 0.6 is 11.3 Å². The average molecular weight is 347 g/mol. The summed E-state index contributed by atoms with van der Waals surface area (Å²) in [6.45, 7) is 0.571. The number of rotatable bonds is 4. The lowest BCUT2D eigenvalue weighted by molar-refractivity contribution is -0.137. The molecule has 3 aromatic rings. The summed E-state index contributed by atoms with van der Waals surface area (Å²) in [4.78, 5) is 1.55. The standard InChI is InChI=1S/C17H12F3N3S/c18-17(19,20)13-3-1-12(2-4-13)7-9-23-10-8-15(22-23)16-6-5-14(11-21)24-16/h1-6,8,10H,7,9H2. The largest absolute Gasteiger partial charge is 0.416 e. The molecular weight excluding hydrogens is 335 g/mol. The van der Waals surface area contributed by atoms with Crippen molar-refractivity contribution in [2.45, 2.75) is 19.1 Å². The van der Waals surface area contributed by atoms with Crippen LogP contribution in [0.3, 0.4) is 0 Å². The van der Waals surface area contributed by atoms with Gasteiger partial charge < -0.3 is 0 Å². The van der Waals surface area contributed by atoms with Gasteiger partial charge in [0.15, 0.2) is 0 Å². The van der Waals surface area contributed by atoms with Gasteiger partial charge in [0, 0.05) is 12.7 Å². The number of hydrogen-bond donors (Lipinski definition) is 0. The van der Waals surface area contributed by atoms with Crippen LogP contribution in [0.25, 0.3) is 10.6 Å². The zero-order chi connectivity index (χ0) is 17.2. The summed E-state index contributed by atoms with van der Waals surface area (Å²) in [5.74, 6) is 0. The Labute approximate surface area is 140 Å². The second-order valence-corrected chi connectivity index (χ2v) is 6.27. The van der Waals surface area contributed by atoms with E-state index in [0.717, 1.165) is 28.3 Å². The quantitative estimate of drug-likeness (QED) is 0.684. The smallest absolute Gasteiger partial charge is 0.272 e. The predicted octanol–water partition coefficient (Wildman–Crippen LogP) is 4.74. The van der Waals surface area contributed by atoms with Gasteiger partial charge in [-0.15, -0.1) is 11.3 Å². The van der Waals surface area contributed by atoms with Crippen LogP contribution < -0.4 is 0 Å². The zero-order valence-corrected chi connectivity index (χ0v) is 13.2. The van der Waals surface area contributed by atoms with E-state index in [-0.39, 0.29) is 0 Å². The van der Waals surface area contributed by atoms with Gasteiger partial charge in [0.25, 0.3) is 0 Å². The minimum absolute atomic E-state index is 0.571. The Kier molecular flexibility index (Phi) is 4.40. The van der Waals surface area contributed by atoms with Gasteiger partial charge in [-0.3, -0.25) is 4.68 Å². The van der Waals surface area contributed by atoms with Gasteiger partial charge in [-0.1, -0.05) is 12.1 Å². The highest BCUT2D eigenvalue weighted by Gasteiger charge is 2.29. The Morgan fingerprint density at radius 2 is 1.83 bits per heavy atom. The molecule has 0 amide bonds. The summed E-state index contributed by atoms with van der Waals surface area (Å²) >= 11 is 1.37. The summed E-state index contributed by atoms with van der Waals surface area (Å²) in [5.41, 5.74) is 0.968. The van der Waals surface area contributed by atoms with Crippen molar-refractivity contribution in [1.29, 1.82) is 5.26 Å². The Morgan fingerprint density at radius 3 is 2.46 bits per heavy atom. The lowest BCUT2D eigenvalue weighted by atomic mass is 10.1. The van der Waals surface area contributed by atoms with Gasteiger partial charge in [0.2, 0.25) is 0 Å². The normalized spacial score (nSPS) is 11.4. The molecule has 0 N–H and O–H groups in total. The maximum absolute atomic E-state index is 12.5. The van der Waals surface area contributed by atoms with Gasteiger partial charge >= 0.3 is 6.18 Å². The van der Waals surface area contributed by atoms with Gasteiger partial charge in [-0.05, 0) is 42.3 Å². The summed E-state index contributed by atoms with van der Waals surface area (Å²) in [6.07, 6.45) is -1.89. The molecule has 0 saturated carbocycles. The fraction of sp³-hybridized carbons (Fsp3) is 0.176. The minimum Gasteiger partial charge on any atom is -0.272 e. The van der Waals surface area contributed by atoms with E-state index < -0.39 is 11.7 Å². The number of nitrogens with zero attached hydrogens (tertiary/aromatic N) is 3. The van der Waals surface area contributed by atoms with Crippen LogP contribution in [0.4, 0.5) is 13.2 Å². The number of nitriles is 1. The molecule has 0 saturated heterocycles. The Balaban J connectivity index is 1.64. The molecule has 0 bridgehead atoms. The van der Waals surface area contributed by atoms with Crippen LogP contribution in [-0.2, 0) is 19.1 Å². The van der Waals surface area contributed by atoms with Crippen LogP contribution in [0.2, 0.25) is 0 Å². The first-order chi connectivity index (χ1) is 11.5. The van der Waals surface area contributed by atoms with Gasteiger partial charge in [-0.2, -0.15) is 23.5 Å². The fourth-order valence-electron chi connectivity index (χ4n) is 2.26. The summed E-state index contributed by atoms with van der Waals surface area (Å²) in [5, 5.41) is 13.3. The molecule has 2 aromatic heterocycles. The monoisotopic (exact) mass is 347 g/mol. The van der Waals surface area contributed by atoms with Crippen molar-refractivity contribution < 1.29 is 13.2 Å². The number of aromatic nitrogens is 2. The number of hydrogen-bond acceptors (Lipinski definition) is 3. The first-order valence-corrected chi connectivity index (χ1v) is 7.97. The molecular formula is C17H12F3N3S. The van der Waals surface area contributed by atoms with E-state index in [9.17, 15) is 13.2 Å². The van der Waals surface area contributed by atoms with Crippen molar-refractivity contribution in [3.05, 3.63) is 64.7 Å². The van der Waals surface area contributed by atoms with Crippen molar-refractivity contribution in [1.82, 2.24) is 9.78 Å². The maximum atomic E-state index is 12.5. The molecule has 0 aliphatic rings. The molecule has 0 radical (unpaired) electrons. The molecule has 0 aliphatic heterocycles. The van der Waals surface area contributed by atoms with E-state index in [4.69, 9.17) is 5.26 Å². The summed E-state index contributed by atoms with van der Waals surface area (Å²) < 4.78 is 39.3. The Morgan fingerprint density at radius 1 is 1.08 bits per heavy atom. The second kappa shape index (κ2) is 6.49. The van der Waals surface area contributed by atoms with Crippen molar-refractivity contribution in [2.24, 2.45) is 0 Å². The number of thiophene rings is 1. The Hall–Kier alpha value is -2.59. The van der Waals surface area contributed by atoms with Crippen molar-refractivity contribution >= 4 is 11.3 Å². The van der Waals surface area contributed by atoms with Gasteiger partial charge in [0.1, 0.15) is 16.6 Å². The third kappa shape index (κ3) is 3.66. The fourth-order valence-corrected chi connectivity index (χ4v) is 3.03. The highest BCUT2D eigenvalue weighted by molar-refractivity contribution is 7.15.